The van der Waals surface area contributed by atoms with Crippen molar-refractivity contribution in [3.63, 3.8) is 0 Å². The number of benzene rings is 1. The first-order valence-corrected chi connectivity index (χ1v) is 5.45. The van der Waals surface area contributed by atoms with E-state index < -0.39 is 18.0 Å². The van der Waals surface area contributed by atoms with E-state index in [9.17, 15) is 14.4 Å². The number of imide groups is 1. The second kappa shape index (κ2) is 7.00. The number of carboxylic acid groups (broad SMARTS) is 1. The number of rotatable bonds is 5. The number of alkyl carbamates (subject to hydrolysis) is 1. The lowest BCUT2D eigenvalue weighted by Crippen LogP contribution is -2.34. The third kappa shape index (κ3) is 5.07. The molecular formula is C12H13NO6. The van der Waals surface area contributed by atoms with Crippen molar-refractivity contribution in [1.29, 1.82) is 0 Å². The zero-order valence-electron chi connectivity index (χ0n) is 10.2. The first kappa shape index (κ1) is 14.5. The molecule has 7 heteroatoms. The number of hydrogen-bond donors (Lipinski definition) is 2. The molecule has 0 atom stereocenters. The smallest absolute Gasteiger partial charge is 0.413 e. The molecule has 0 aliphatic heterocycles. The molecule has 0 fully saturated rings. The molecule has 1 aromatic carbocycles. The summed E-state index contributed by atoms with van der Waals surface area (Å²) in [5.74, 6) is -1.38. The van der Waals surface area contributed by atoms with Crippen LogP contribution in [0.4, 0.5) is 4.79 Å². The molecule has 19 heavy (non-hydrogen) atoms. The van der Waals surface area contributed by atoms with E-state index in [2.05, 4.69) is 4.74 Å². The molecule has 7 nitrogen and oxygen atoms in total. The Morgan fingerprint density at radius 1 is 1.21 bits per heavy atom. The number of aromatic carboxylic acids is 1. The second-order valence-corrected chi connectivity index (χ2v) is 3.39. The van der Waals surface area contributed by atoms with E-state index >= 15 is 0 Å². The van der Waals surface area contributed by atoms with Gasteiger partial charge in [0.05, 0.1) is 12.2 Å². The zero-order valence-corrected chi connectivity index (χ0v) is 10.2. The van der Waals surface area contributed by atoms with Gasteiger partial charge in [-0.3, -0.25) is 10.1 Å². The van der Waals surface area contributed by atoms with Crippen molar-refractivity contribution in [3.8, 4) is 5.75 Å². The molecule has 0 unspecified atom stereocenters. The molecule has 0 bridgehead atoms. The van der Waals surface area contributed by atoms with Gasteiger partial charge < -0.3 is 14.6 Å². The van der Waals surface area contributed by atoms with Gasteiger partial charge in [0.1, 0.15) is 5.75 Å². The van der Waals surface area contributed by atoms with Gasteiger partial charge in [-0.05, 0) is 31.2 Å². The van der Waals surface area contributed by atoms with E-state index in [1.807, 2.05) is 5.32 Å². The monoisotopic (exact) mass is 267 g/mol. The molecule has 0 heterocycles. The Balaban J connectivity index is 2.42. The van der Waals surface area contributed by atoms with Crippen LogP contribution < -0.4 is 10.1 Å². The normalized spacial score (nSPS) is 9.53. The Bertz CT molecular complexity index is 468. The Hall–Kier alpha value is -2.57. The van der Waals surface area contributed by atoms with Gasteiger partial charge in [0.15, 0.2) is 6.61 Å². The average Bonchev–Trinajstić information content (AvgIpc) is 2.37. The summed E-state index contributed by atoms with van der Waals surface area (Å²) in [7, 11) is 0. The van der Waals surface area contributed by atoms with E-state index in [0.717, 1.165) is 0 Å². The van der Waals surface area contributed by atoms with Crippen LogP contribution in [0, 0.1) is 0 Å². The van der Waals surface area contributed by atoms with Gasteiger partial charge in [0.2, 0.25) is 0 Å². The van der Waals surface area contributed by atoms with Crippen molar-refractivity contribution in [1.82, 2.24) is 5.32 Å². The first-order valence-electron chi connectivity index (χ1n) is 5.45. The highest BCUT2D eigenvalue weighted by Gasteiger charge is 2.09. The van der Waals surface area contributed by atoms with E-state index in [-0.39, 0.29) is 18.8 Å². The molecule has 0 aromatic heterocycles. The number of nitrogens with one attached hydrogen (secondary N) is 1. The van der Waals surface area contributed by atoms with Gasteiger partial charge in [0, 0.05) is 0 Å². The van der Waals surface area contributed by atoms with Gasteiger partial charge in [-0.2, -0.15) is 0 Å². The third-order valence-electron chi connectivity index (χ3n) is 1.99. The van der Waals surface area contributed by atoms with Gasteiger partial charge in [-0.25, -0.2) is 9.59 Å². The van der Waals surface area contributed by atoms with Crippen LogP contribution in [0.15, 0.2) is 24.3 Å². The lowest BCUT2D eigenvalue weighted by atomic mass is 10.2. The molecule has 0 saturated heterocycles. The van der Waals surface area contributed by atoms with Crippen LogP contribution in [0.1, 0.15) is 17.3 Å². The molecular weight excluding hydrogens is 254 g/mol. The molecule has 0 saturated carbocycles. The molecule has 1 aromatic rings. The highest BCUT2D eigenvalue weighted by Crippen LogP contribution is 2.11. The maximum absolute atomic E-state index is 11.2. The Morgan fingerprint density at radius 2 is 1.84 bits per heavy atom. The molecule has 1 rings (SSSR count). The lowest BCUT2D eigenvalue weighted by molar-refractivity contribution is -0.122. The van der Waals surface area contributed by atoms with Crippen LogP contribution in [0.25, 0.3) is 0 Å². The van der Waals surface area contributed by atoms with E-state index in [1.54, 1.807) is 6.92 Å². The summed E-state index contributed by atoms with van der Waals surface area (Å²) in [5, 5.41) is 10.6. The minimum Gasteiger partial charge on any atom is -0.484 e. The topological polar surface area (TPSA) is 102 Å². The summed E-state index contributed by atoms with van der Waals surface area (Å²) < 4.78 is 9.58. The summed E-state index contributed by atoms with van der Waals surface area (Å²) in [6.45, 7) is 1.41. The first-order chi connectivity index (χ1) is 9.02. The zero-order chi connectivity index (χ0) is 14.3. The fraction of sp³-hybridized carbons (Fsp3) is 0.250. The van der Waals surface area contributed by atoms with Gasteiger partial charge in [-0.1, -0.05) is 0 Å². The number of amides is 2. The maximum atomic E-state index is 11.2. The Morgan fingerprint density at radius 3 is 2.37 bits per heavy atom. The van der Waals surface area contributed by atoms with Crippen molar-refractivity contribution >= 4 is 18.0 Å². The van der Waals surface area contributed by atoms with Gasteiger partial charge >= 0.3 is 12.1 Å². The SMILES string of the molecule is CCOC(=O)NC(=O)COc1ccc(C(=O)O)cc1. The van der Waals surface area contributed by atoms with Crippen LogP contribution >= 0.6 is 0 Å². The summed E-state index contributed by atoms with van der Waals surface area (Å²) in [5.41, 5.74) is 0.114. The molecule has 0 radical (unpaired) electrons. The average molecular weight is 267 g/mol. The minimum absolute atomic E-state index is 0.114. The number of carboxylic acids is 1. The van der Waals surface area contributed by atoms with Crippen LogP contribution in [0.3, 0.4) is 0 Å². The Labute approximate surface area is 109 Å². The Kier molecular flexibility index (Phi) is 5.34. The maximum Gasteiger partial charge on any atom is 0.413 e. The summed E-state index contributed by atoms with van der Waals surface area (Å²) in [6, 6.07) is 5.53. The predicted molar refractivity (Wildman–Crippen MR) is 64.1 cm³/mol. The predicted octanol–water partition coefficient (Wildman–Crippen LogP) is 1.04. The molecule has 0 aliphatic rings. The fourth-order valence-electron chi connectivity index (χ4n) is 1.16. The number of carbonyl (C=O) groups excluding carboxylic acids is 2. The molecule has 0 aliphatic carbocycles. The van der Waals surface area contributed by atoms with Crippen LogP contribution in [0.5, 0.6) is 5.75 Å². The van der Waals surface area contributed by atoms with Crippen molar-refractivity contribution in [2.75, 3.05) is 13.2 Å². The second-order valence-electron chi connectivity index (χ2n) is 3.39. The van der Waals surface area contributed by atoms with E-state index in [4.69, 9.17) is 9.84 Å². The molecule has 0 spiro atoms. The van der Waals surface area contributed by atoms with Crippen molar-refractivity contribution in [3.05, 3.63) is 29.8 Å². The minimum atomic E-state index is -1.05. The molecule has 102 valence electrons. The van der Waals surface area contributed by atoms with Crippen molar-refractivity contribution < 1.29 is 29.0 Å². The number of carbonyl (C=O) groups is 3. The van der Waals surface area contributed by atoms with Crippen LogP contribution in [0.2, 0.25) is 0 Å². The number of hydrogen-bond acceptors (Lipinski definition) is 5. The van der Waals surface area contributed by atoms with Crippen molar-refractivity contribution in [2.45, 2.75) is 6.92 Å². The van der Waals surface area contributed by atoms with Gasteiger partial charge in [-0.15, -0.1) is 0 Å². The number of ether oxygens (including phenoxy) is 2. The molecule has 2 N–H and O–H groups in total. The molecule has 2 amide bonds. The largest absolute Gasteiger partial charge is 0.484 e. The summed E-state index contributed by atoms with van der Waals surface area (Å²) in [6.07, 6.45) is -0.836. The van der Waals surface area contributed by atoms with Crippen molar-refractivity contribution in [2.24, 2.45) is 0 Å². The van der Waals surface area contributed by atoms with Gasteiger partial charge in [0.25, 0.3) is 5.91 Å². The van der Waals surface area contributed by atoms with E-state index in [1.165, 1.54) is 24.3 Å². The summed E-state index contributed by atoms with van der Waals surface area (Å²) in [4.78, 5) is 32.8. The standard InChI is InChI=1S/C12H13NO6/c1-2-18-12(17)13-10(14)7-19-9-5-3-8(4-6-9)11(15)16/h3-6H,2,7H2,1H3,(H,15,16)(H,13,14,17). The summed E-state index contributed by atoms with van der Waals surface area (Å²) >= 11 is 0. The highest BCUT2D eigenvalue weighted by molar-refractivity contribution is 5.92. The quantitative estimate of drug-likeness (QED) is 0.826. The fourth-order valence-corrected chi connectivity index (χ4v) is 1.16. The van der Waals surface area contributed by atoms with Crippen LogP contribution in [-0.4, -0.2) is 36.3 Å². The van der Waals surface area contributed by atoms with E-state index in [0.29, 0.717) is 5.75 Å². The third-order valence-corrected chi connectivity index (χ3v) is 1.99. The van der Waals surface area contributed by atoms with Crippen LogP contribution in [-0.2, 0) is 9.53 Å². The highest BCUT2D eigenvalue weighted by atomic mass is 16.5. The lowest BCUT2D eigenvalue weighted by Gasteiger charge is -2.06.